The van der Waals surface area contributed by atoms with E-state index >= 15 is 0 Å². The Morgan fingerprint density at radius 3 is 2.77 bits per heavy atom. The molecule has 0 fully saturated rings. The van der Waals surface area contributed by atoms with E-state index in [1.54, 1.807) is 15.8 Å². The Morgan fingerprint density at radius 1 is 1.20 bits per heavy atom. The van der Waals surface area contributed by atoms with Gasteiger partial charge in [-0.25, -0.2) is 9.97 Å². The van der Waals surface area contributed by atoms with Crippen molar-refractivity contribution < 1.29 is 22.7 Å². The number of anilines is 3. The second-order valence-electron chi connectivity index (χ2n) is 8.50. The van der Waals surface area contributed by atoms with E-state index in [0.717, 1.165) is 35.6 Å². The summed E-state index contributed by atoms with van der Waals surface area (Å²) in [6.07, 6.45) is 1.70. The van der Waals surface area contributed by atoms with Crippen LogP contribution >= 0.6 is 0 Å². The maximum absolute atomic E-state index is 12.7. The standard InChI is InChI=1S/C22H23F3N8O2/c1-13-20(34)33-7-3-4-16-18(33)19(31(13)2)30-21(29-16)27-9-15-10-28-32(12-15)11-14-5-6-17(26-8-14)35-22(23,24)25/h5-6,8,10,12-13H,3-4,7,9,11H2,1-2H3,(H,27,29,30)/t13-/m0/s1. The number of nitrogens with zero attached hydrogens (tertiary/aromatic N) is 7. The summed E-state index contributed by atoms with van der Waals surface area (Å²) >= 11 is 0. The molecule has 10 nitrogen and oxygen atoms in total. The minimum atomic E-state index is -4.78. The number of pyridine rings is 1. The van der Waals surface area contributed by atoms with Crippen LogP contribution in [0.1, 0.15) is 30.2 Å². The number of rotatable bonds is 6. The van der Waals surface area contributed by atoms with Crippen LogP contribution in [0, 0.1) is 0 Å². The molecule has 0 aromatic carbocycles. The van der Waals surface area contributed by atoms with Crippen LogP contribution in [0.5, 0.6) is 5.88 Å². The average molecular weight is 488 g/mol. The number of likely N-dealkylation sites (N-methyl/N-ethyl adjacent to an activating group) is 1. The number of halogens is 3. The highest BCUT2D eigenvalue weighted by Gasteiger charge is 2.38. The first-order valence-corrected chi connectivity index (χ1v) is 11.1. The number of aryl methyl sites for hydroxylation is 1. The second-order valence-corrected chi connectivity index (χ2v) is 8.50. The summed E-state index contributed by atoms with van der Waals surface area (Å²) in [5.74, 6) is 0.773. The highest BCUT2D eigenvalue weighted by molar-refractivity contribution is 6.05. The van der Waals surface area contributed by atoms with Gasteiger partial charge in [-0.15, -0.1) is 13.2 Å². The van der Waals surface area contributed by atoms with E-state index in [4.69, 9.17) is 0 Å². The second kappa shape index (κ2) is 8.71. The summed E-state index contributed by atoms with van der Waals surface area (Å²) in [5, 5.41) is 7.54. The molecule has 0 saturated heterocycles. The zero-order valence-electron chi connectivity index (χ0n) is 19.1. The lowest BCUT2D eigenvalue weighted by Gasteiger charge is -2.41. The third kappa shape index (κ3) is 4.70. The first kappa shape index (κ1) is 22.9. The van der Waals surface area contributed by atoms with Gasteiger partial charge in [0, 0.05) is 44.2 Å². The molecule has 0 bridgehead atoms. The van der Waals surface area contributed by atoms with Crippen molar-refractivity contribution >= 4 is 23.4 Å². The van der Waals surface area contributed by atoms with Gasteiger partial charge in [0.15, 0.2) is 5.82 Å². The smallest absolute Gasteiger partial charge is 0.388 e. The molecule has 0 aliphatic carbocycles. The molecule has 0 saturated carbocycles. The van der Waals surface area contributed by atoms with E-state index in [0.29, 0.717) is 31.1 Å². The van der Waals surface area contributed by atoms with Crippen molar-refractivity contribution in [3.8, 4) is 5.88 Å². The Labute approximate surface area is 198 Å². The zero-order chi connectivity index (χ0) is 24.7. The van der Waals surface area contributed by atoms with Gasteiger partial charge >= 0.3 is 6.36 Å². The molecule has 1 atom stereocenters. The van der Waals surface area contributed by atoms with Crippen LogP contribution in [-0.2, 0) is 24.3 Å². The van der Waals surface area contributed by atoms with Crippen molar-refractivity contribution in [1.29, 1.82) is 0 Å². The van der Waals surface area contributed by atoms with Crippen molar-refractivity contribution in [2.24, 2.45) is 0 Å². The number of hydrogen-bond acceptors (Lipinski definition) is 8. The number of carbonyl (C=O) groups is 1. The molecule has 35 heavy (non-hydrogen) atoms. The van der Waals surface area contributed by atoms with Gasteiger partial charge in [0.05, 0.1) is 18.4 Å². The van der Waals surface area contributed by atoms with E-state index in [2.05, 4.69) is 30.1 Å². The van der Waals surface area contributed by atoms with Crippen LogP contribution in [0.15, 0.2) is 30.7 Å². The summed E-state index contributed by atoms with van der Waals surface area (Å²) in [7, 11) is 1.86. The Morgan fingerprint density at radius 2 is 2.03 bits per heavy atom. The number of aromatic nitrogens is 5. The molecule has 5 heterocycles. The van der Waals surface area contributed by atoms with Gasteiger partial charge in [-0.2, -0.15) is 10.1 Å². The summed E-state index contributed by atoms with van der Waals surface area (Å²) in [6, 6.07) is 2.38. The fourth-order valence-electron chi connectivity index (χ4n) is 4.21. The summed E-state index contributed by atoms with van der Waals surface area (Å²) in [6.45, 7) is 3.32. The normalized spacial score (nSPS) is 17.4. The van der Waals surface area contributed by atoms with Crippen LogP contribution in [0.25, 0.3) is 0 Å². The van der Waals surface area contributed by atoms with Crippen molar-refractivity contribution in [1.82, 2.24) is 24.7 Å². The summed E-state index contributed by atoms with van der Waals surface area (Å²) < 4.78 is 42.3. The van der Waals surface area contributed by atoms with Gasteiger partial charge in [0.2, 0.25) is 17.7 Å². The molecule has 13 heteroatoms. The molecule has 3 aromatic heterocycles. The van der Waals surface area contributed by atoms with Crippen LogP contribution in [-0.4, -0.2) is 56.6 Å². The molecule has 184 valence electrons. The van der Waals surface area contributed by atoms with E-state index in [1.807, 2.05) is 25.1 Å². The number of carbonyl (C=O) groups excluding carboxylic acids is 1. The number of hydrogen-bond donors (Lipinski definition) is 1. The Hall–Kier alpha value is -3.90. The van der Waals surface area contributed by atoms with Crippen molar-refractivity contribution in [2.75, 3.05) is 28.7 Å². The number of amides is 1. The van der Waals surface area contributed by atoms with Gasteiger partial charge in [0.25, 0.3) is 0 Å². The topological polar surface area (TPSA) is 101 Å². The minimum Gasteiger partial charge on any atom is -0.388 e. The van der Waals surface area contributed by atoms with Crippen LogP contribution in [0.3, 0.4) is 0 Å². The largest absolute Gasteiger partial charge is 0.574 e. The molecule has 0 radical (unpaired) electrons. The number of ether oxygens (including phenoxy) is 1. The molecule has 2 aliphatic rings. The number of nitrogens with one attached hydrogen (secondary N) is 1. The average Bonchev–Trinajstić information content (AvgIpc) is 3.27. The fraction of sp³-hybridized carbons (Fsp3) is 0.409. The highest BCUT2D eigenvalue weighted by Crippen LogP contribution is 2.39. The van der Waals surface area contributed by atoms with Gasteiger partial charge in [-0.05, 0) is 25.3 Å². The number of alkyl halides is 3. The minimum absolute atomic E-state index is 0.0652. The van der Waals surface area contributed by atoms with Crippen LogP contribution < -0.4 is 19.9 Å². The van der Waals surface area contributed by atoms with Crippen LogP contribution in [0.4, 0.5) is 30.6 Å². The maximum Gasteiger partial charge on any atom is 0.574 e. The van der Waals surface area contributed by atoms with Crippen LogP contribution in [0.2, 0.25) is 0 Å². The van der Waals surface area contributed by atoms with Gasteiger partial charge in [0.1, 0.15) is 11.7 Å². The molecular weight excluding hydrogens is 465 g/mol. The molecule has 0 unspecified atom stereocenters. The van der Waals surface area contributed by atoms with Crippen molar-refractivity contribution in [2.45, 2.75) is 45.3 Å². The first-order chi connectivity index (χ1) is 16.7. The quantitative estimate of drug-likeness (QED) is 0.565. The molecule has 1 N–H and O–H groups in total. The lowest BCUT2D eigenvalue weighted by molar-refractivity contribution is -0.276. The molecule has 2 aliphatic heterocycles. The summed E-state index contributed by atoms with van der Waals surface area (Å²) in [5.41, 5.74) is 3.22. The predicted molar refractivity (Wildman–Crippen MR) is 120 cm³/mol. The maximum atomic E-state index is 12.7. The van der Waals surface area contributed by atoms with E-state index in [1.165, 1.54) is 18.3 Å². The SMILES string of the molecule is C[C@H]1C(=O)N2CCCc3nc(NCc4cnn(Cc5ccc(OC(F)(F)F)nc5)c4)nc(c32)N1C. The third-order valence-electron chi connectivity index (χ3n) is 6.04. The van der Waals surface area contributed by atoms with Gasteiger partial charge in [-0.1, -0.05) is 6.07 Å². The van der Waals surface area contributed by atoms with E-state index in [-0.39, 0.29) is 11.9 Å². The van der Waals surface area contributed by atoms with Gasteiger partial charge in [-0.3, -0.25) is 9.48 Å². The Bertz CT molecular complexity index is 1240. The molecule has 5 rings (SSSR count). The fourth-order valence-corrected chi connectivity index (χ4v) is 4.21. The first-order valence-electron chi connectivity index (χ1n) is 11.1. The highest BCUT2D eigenvalue weighted by atomic mass is 19.4. The third-order valence-corrected chi connectivity index (χ3v) is 6.04. The monoisotopic (exact) mass is 488 g/mol. The molecular formula is C22H23F3N8O2. The molecule has 0 spiro atoms. The van der Waals surface area contributed by atoms with Gasteiger partial charge < -0.3 is 19.9 Å². The van der Waals surface area contributed by atoms with Crippen molar-refractivity contribution in [3.05, 3.63) is 47.5 Å². The summed E-state index contributed by atoms with van der Waals surface area (Å²) in [4.78, 5) is 29.4. The predicted octanol–water partition coefficient (Wildman–Crippen LogP) is 2.74. The lowest BCUT2D eigenvalue weighted by atomic mass is 10.0. The van der Waals surface area contributed by atoms with E-state index in [9.17, 15) is 18.0 Å². The Balaban J connectivity index is 1.25. The van der Waals surface area contributed by atoms with E-state index < -0.39 is 12.2 Å². The lowest BCUT2D eigenvalue weighted by Crippen LogP contribution is -2.53. The van der Waals surface area contributed by atoms with Crippen molar-refractivity contribution in [3.63, 3.8) is 0 Å². The Kier molecular flexibility index (Phi) is 5.69. The zero-order valence-corrected chi connectivity index (χ0v) is 19.1. The molecule has 3 aromatic rings. The molecule has 1 amide bonds.